The molecule has 1 aromatic heterocycles. The van der Waals surface area contributed by atoms with Gasteiger partial charge in [-0.15, -0.1) is 0 Å². The number of carbonyl (C=O) groups excluding carboxylic acids is 1. The summed E-state index contributed by atoms with van der Waals surface area (Å²) in [5, 5.41) is 4.41. The van der Waals surface area contributed by atoms with Crippen molar-refractivity contribution in [3.63, 3.8) is 0 Å². The molecule has 1 heterocycles. The molecule has 2 aromatic rings. The minimum absolute atomic E-state index is 0.304. The summed E-state index contributed by atoms with van der Waals surface area (Å²) in [5.74, 6) is 0.446. The van der Waals surface area contributed by atoms with Crippen LogP contribution in [0.25, 0.3) is 0 Å². The van der Waals surface area contributed by atoms with Gasteiger partial charge in [0, 0.05) is 5.56 Å². The number of carbonyl (C=O) groups is 1. The van der Waals surface area contributed by atoms with Crippen molar-refractivity contribution in [1.29, 1.82) is 0 Å². The molecule has 2 rings (SSSR count). The number of ether oxygens (including phenoxy) is 1. The van der Waals surface area contributed by atoms with E-state index in [4.69, 9.17) is 10.5 Å². The second kappa shape index (κ2) is 9.02. The van der Waals surface area contributed by atoms with Crippen molar-refractivity contribution in [3.05, 3.63) is 40.4 Å². The van der Waals surface area contributed by atoms with Gasteiger partial charge in [-0.3, -0.25) is 4.79 Å². The summed E-state index contributed by atoms with van der Waals surface area (Å²) in [6, 6.07) is 7.58. The fraction of sp³-hybridized carbons (Fsp3) is 0.353. The van der Waals surface area contributed by atoms with E-state index in [-0.39, 0.29) is 5.91 Å². The van der Waals surface area contributed by atoms with Gasteiger partial charge in [0.15, 0.2) is 5.13 Å². The van der Waals surface area contributed by atoms with Gasteiger partial charge in [-0.1, -0.05) is 43.7 Å². The molecule has 0 aliphatic rings. The first-order valence-electron chi connectivity index (χ1n) is 7.96. The molecular weight excluding hydrogens is 324 g/mol. The number of nitrogens with two attached hydrogens (primary N) is 1. The Hall–Kier alpha value is -2.41. The van der Waals surface area contributed by atoms with Crippen LogP contribution in [0.3, 0.4) is 0 Å². The first kappa shape index (κ1) is 17.9. The van der Waals surface area contributed by atoms with E-state index in [1.807, 2.05) is 31.2 Å². The van der Waals surface area contributed by atoms with Gasteiger partial charge in [-0.25, -0.2) is 10.4 Å². The SMILES string of the molecule is CCCCOc1ccccc1/C=N\NC(=O)c1sc(N)nc1CC. The molecule has 0 atom stereocenters. The first-order chi connectivity index (χ1) is 11.7. The molecule has 0 aliphatic heterocycles. The lowest BCUT2D eigenvalue weighted by Gasteiger charge is -2.07. The van der Waals surface area contributed by atoms with Gasteiger partial charge in [-0.05, 0) is 25.0 Å². The zero-order chi connectivity index (χ0) is 17.4. The minimum atomic E-state index is -0.304. The Labute approximate surface area is 145 Å². The third kappa shape index (κ3) is 4.79. The highest BCUT2D eigenvalue weighted by atomic mass is 32.1. The number of aromatic nitrogens is 1. The first-order valence-corrected chi connectivity index (χ1v) is 8.77. The molecule has 0 aliphatic carbocycles. The minimum Gasteiger partial charge on any atom is -0.493 e. The lowest BCUT2D eigenvalue weighted by molar-refractivity contribution is 0.0958. The Kier molecular flexibility index (Phi) is 6.74. The van der Waals surface area contributed by atoms with Gasteiger partial charge in [-0.2, -0.15) is 5.10 Å². The van der Waals surface area contributed by atoms with Crippen LogP contribution in [0.15, 0.2) is 29.4 Å². The van der Waals surface area contributed by atoms with Gasteiger partial charge < -0.3 is 10.5 Å². The fourth-order valence-corrected chi connectivity index (χ4v) is 2.85. The number of benzene rings is 1. The number of rotatable bonds is 8. The summed E-state index contributed by atoms with van der Waals surface area (Å²) in [6.45, 7) is 4.70. The number of amides is 1. The quantitative estimate of drug-likeness (QED) is 0.436. The molecule has 1 aromatic carbocycles. The van der Waals surface area contributed by atoms with Crippen LogP contribution >= 0.6 is 11.3 Å². The summed E-state index contributed by atoms with van der Waals surface area (Å²) in [4.78, 5) is 16.8. The van der Waals surface area contributed by atoms with Gasteiger partial charge in [0.2, 0.25) is 0 Å². The number of nitrogens with zero attached hydrogens (tertiary/aromatic N) is 2. The second-order valence-electron chi connectivity index (χ2n) is 5.12. The van der Waals surface area contributed by atoms with Crippen molar-refractivity contribution < 1.29 is 9.53 Å². The number of aryl methyl sites for hydroxylation is 1. The Bertz CT molecular complexity index is 712. The number of hydrazone groups is 1. The molecule has 7 heteroatoms. The summed E-state index contributed by atoms with van der Waals surface area (Å²) in [7, 11) is 0. The van der Waals surface area contributed by atoms with Crippen LogP contribution < -0.4 is 15.9 Å². The number of nitrogen functional groups attached to an aromatic ring is 1. The predicted molar refractivity (Wildman–Crippen MR) is 97.8 cm³/mol. The van der Waals surface area contributed by atoms with Crippen molar-refractivity contribution in [2.45, 2.75) is 33.1 Å². The van der Waals surface area contributed by atoms with E-state index in [1.165, 1.54) is 11.3 Å². The van der Waals surface area contributed by atoms with Gasteiger partial charge in [0.1, 0.15) is 10.6 Å². The Morgan fingerprint density at radius 1 is 1.42 bits per heavy atom. The zero-order valence-corrected chi connectivity index (χ0v) is 14.7. The van der Waals surface area contributed by atoms with E-state index >= 15 is 0 Å². The van der Waals surface area contributed by atoms with Crippen molar-refractivity contribution in [1.82, 2.24) is 10.4 Å². The molecule has 0 unspecified atom stereocenters. The molecule has 0 saturated carbocycles. The molecule has 6 nitrogen and oxygen atoms in total. The average molecular weight is 346 g/mol. The lowest BCUT2D eigenvalue weighted by Crippen LogP contribution is -2.17. The number of hydrogen-bond acceptors (Lipinski definition) is 6. The topological polar surface area (TPSA) is 89.6 Å². The largest absolute Gasteiger partial charge is 0.493 e. The number of unbranched alkanes of at least 4 members (excludes halogenated alkanes) is 1. The molecule has 128 valence electrons. The standard InChI is InChI=1S/C17H22N4O2S/c1-3-5-10-23-14-9-7-6-8-12(14)11-19-21-16(22)15-13(4-2)20-17(18)24-15/h6-9,11H,3-5,10H2,1-2H3,(H2,18,20)(H,21,22)/b19-11-. The van der Waals surface area contributed by atoms with E-state index < -0.39 is 0 Å². The number of thiazole rings is 1. The summed E-state index contributed by atoms with van der Waals surface area (Å²) in [6.07, 6.45) is 4.29. The van der Waals surface area contributed by atoms with Crippen LogP contribution in [-0.4, -0.2) is 23.7 Å². The monoisotopic (exact) mass is 346 g/mol. The van der Waals surface area contributed by atoms with Crippen molar-refractivity contribution in [3.8, 4) is 5.75 Å². The summed E-state index contributed by atoms with van der Waals surface area (Å²) in [5.41, 5.74) is 9.68. The van der Waals surface area contributed by atoms with Crippen LogP contribution in [0.2, 0.25) is 0 Å². The molecule has 0 fully saturated rings. The highest BCUT2D eigenvalue weighted by molar-refractivity contribution is 7.17. The van der Waals surface area contributed by atoms with Crippen molar-refractivity contribution in [2.75, 3.05) is 12.3 Å². The maximum absolute atomic E-state index is 12.2. The molecule has 24 heavy (non-hydrogen) atoms. The van der Waals surface area contributed by atoms with Gasteiger partial charge in [0.25, 0.3) is 5.91 Å². The summed E-state index contributed by atoms with van der Waals surface area (Å²) < 4.78 is 5.73. The molecular formula is C17H22N4O2S. The lowest BCUT2D eigenvalue weighted by atomic mass is 10.2. The van der Waals surface area contributed by atoms with Crippen LogP contribution in [0, 0.1) is 0 Å². The Morgan fingerprint density at radius 2 is 2.21 bits per heavy atom. The van der Waals surface area contributed by atoms with E-state index in [2.05, 4.69) is 22.4 Å². The molecule has 0 spiro atoms. The van der Waals surface area contributed by atoms with Gasteiger partial charge in [0.05, 0.1) is 18.5 Å². The highest BCUT2D eigenvalue weighted by Crippen LogP contribution is 2.21. The number of nitrogens with one attached hydrogen (secondary N) is 1. The Balaban J connectivity index is 2.02. The second-order valence-corrected chi connectivity index (χ2v) is 6.15. The number of hydrogen-bond donors (Lipinski definition) is 2. The molecule has 0 radical (unpaired) electrons. The average Bonchev–Trinajstić information content (AvgIpc) is 2.97. The zero-order valence-electron chi connectivity index (χ0n) is 13.9. The molecule has 0 bridgehead atoms. The number of para-hydroxylation sites is 1. The smallest absolute Gasteiger partial charge is 0.283 e. The maximum atomic E-state index is 12.2. The van der Waals surface area contributed by atoms with E-state index in [9.17, 15) is 4.79 Å². The third-order valence-electron chi connectivity index (χ3n) is 3.30. The van der Waals surface area contributed by atoms with E-state index in [1.54, 1.807) is 6.21 Å². The van der Waals surface area contributed by atoms with Crippen LogP contribution in [0.4, 0.5) is 5.13 Å². The normalized spacial score (nSPS) is 10.9. The molecule has 0 saturated heterocycles. The number of anilines is 1. The van der Waals surface area contributed by atoms with E-state index in [0.29, 0.717) is 28.7 Å². The van der Waals surface area contributed by atoms with E-state index in [0.717, 1.165) is 24.2 Å². The van der Waals surface area contributed by atoms with Crippen LogP contribution in [-0.2, 0) is 6.42 Å². The molecule has 1 amide bonds. The van der Waals surface area contributed by atoms with Gasteiger partial charge >= 0.3 is 0 Å². The third-order valence-corrected chi connectivity index (χ3v) is 4.22. The Morgan fingerprint density at radius 3 is 2.96 bits per heavy atom. The summed E-state index contributed by atoms with van der Waals surface area (Å²) >= 11 is 1.17. The van der Waals surface area contributed by atoms with Crippen LogP contribution in [0.1, 0.15) is 47.6 Å². The maximum Gasteiger partial charge on any atom is 0.283 e. The fourth-order valence-electron chi connectivity index (χ4n) is 2.04. The highest BCUT2D eigenvalue weighted by Gasteiger charge is 2.15. The molecule has 3 N–H and O–H groups in total. The van der Waals surface area contributed by atoms with Crippen molar-refractivity contribution in [2.24, 2.45) is 5.10 Å². The van der Waals surface area contributed by atoms with Crippen LogP contribution in [0.5, 0.6) is 5.75 Å². The van der Waals surface area contributed by atoms with Crippen molar-refractivity contribution >= 4 is 28.6 Å². The predicted octanol–water partition coefficient (Wildman–Crippen LogP) is 3.23.